The van der Waals surface area contributed by atoms with Crippen molar-refractivity contribution in [1.82, 2.24) is 24.8 Å². The Balaban J connectivity index is 1.43. The van der Waals surface area contributed by atoms with Crippen molar-refractivity contribution in [1.29, 1.82) is 0 Å². The number of nitrogens with one attached hydrogen (secondary N) is 2. The highest BCUT2D eigenvalue weighted by molar-refractivity contribution is 5.95. The molecule has 0 spiro atoms. The molecule has 1 saturated carbocycles. The van der Waals surface area contributed by atoms with E-state index in [4.69, 9.17) is 14.5 Å². The van der Waals surface area contributed by atoms with Gasteiger partial charge in [-0.25, -0.2) is 9.97 Å². The van der Waals surface area contributed by atoms with Crippen LogP contribution in [0.4, 0.5) is 11.6 Å². The normalized spacial score (nSPS) is 16.4. The number of piperidine rings is 1. The first-order valence-electron chi connectivity index (χ1n) is 14.1. The maximum atomic E-state index is 13.1. The van der Waals surface area contributed by atoms with Crippen LogP contribution in [0.3, 0.4) is 0 Å². The van der Waals surface area contributed by atoms with Gasteiger partial charge in [0, 0.05) is 18.7 Å². The molecule has 1 saturated heterocycles. The minimum Gasteiger partial charge on any atom is -0.492 e. The lowest BCUT2D eigenvalue weighted by Gasteiger charge is -2.29. The summed E-state index contributed by atoms with van der Waals surface area (Å²) in [4.78, 5) is 37.6. The molecule has 0 bridgehead atoms. The molecule has 5 rings (SSSR count). The van der Waals surface area contributed by atoms with Crippen molar-refractivity contribution in [3.8, 4) is 11.5 Å². The Labute approximate surface area is 234 Å². The first-order chi connectivity index (χ1) is 19.4. The molecule has 40 heavy (non-hydrogen) atoms. The second kappa shape index (κ2) is 12.1. The predicted molar refractivity (Wildman–Crippen MR) is 157 cm³/mol. The summed E-state index contributed by atoms with van der Waals surface area (Å²) < 4.78 is 13.4. The maximum Gasteiger partial charge on any atom is 0.293 e. The molecule has 2 fully saturated rings. The zero-order valence-electron chi connectivity index (χ0n) is 23.7. The van der Waals surface area contributed by atoms with E-state index in [1.165, 1.54) is 4.57 Å². The van der Waals surface area contributed by atoms with Crippen LogP contribution in [0.5, 0.6) is 11.5 Å². The van der Waals surface area contributed by atoms with Gasteiger partial charge in [-0.05, 0) is 83.8 Å². The zero-order chi connectivity index (χ0) is 28.2. The predicted octanol–water partition coefficient (Wildman–Crippen LogP) is 4.12. The van der Waals surface area contributed by atoms with Crippen LogP contribution in [-0.2, 0) is 7.05 Å². The van der Waals surface area contributed by atoms with E-state index in [1.807, 2.05) is 26.0 Å². The molecule has 2 aromatic heterocycles. The van der Waals surface area contributed by atoms with Gasteiger partial charge in [0.2, 0.25) is 5.95 Å². The van der Waals surface area contributed by atoms with Gasteiger partial charge in [0.1, 0.15) is 11.3 Å². The smallest absolute Gasteiger partial charge is 0.293 e. The van der Waals surface area contributed by atoms with Crippen molar-refractivity contribution in [2.45, 2.75) is 45.6 Å². The van der Waals surface area contributed by atoms with E-state index < -0.39 is 0 Å². The van der Waals surface area contributed by atoms with Gasteiger partial charge in [0.15, 0.2) is 5.75 Å². The highest BCUT2D eigenvalue weighted by Gasteiger charge is 2.25. The molecule has 3 aromatic rings. The summed E-state index contributed by atoms with van der Waals surface area (Å²) in [6.45, 7) is 6.70. The standard InChI is InChI=1S/C30H38N6O4/c1-5-7-22-26-24(36(4)29(38)27(22)40-18-19-8-9-19)17-31-30(34-26)33-23-11-10-20(16-25(23)39-6-2)28(37)32-21-12-14-35(3)15-13-21/h5,7,10-11,16-17,19,21H,6,8-9,12-15,18H2,1-4H3,(H,32,37)(H,31,33,34)/b7-5+. The first-order valence-corrected chi connectivity index (χ1v) is 14.1. The van der Waals surface area contributed by atoms with Crippen LogP contribution in [-0.4, -0.2) is 64.7 Å². The maximum absolute atomic E-state index is 13.1. The molecule has 212 valence electrons. The average molecular weight is 547 g/mol. The summed E-state index contributed by atoms with van der Waals surface area (Å²) in [7, 11) is 3.80. The Hall–Kier alpha value is -3.92. The summed E-state index contributed by atoms with van der Waals surface area (Å²) >= 11 is 0. The number of ether oxygens (including phenoxy) is 2. The molecule has 1 aliphatic heterocycles. The largest absolute Gasteiger partial charge is 0.492 e. The number of likely N-dealkylation sites (tertiary alicyclic amines) is 1. The number of rotatable bonds is 10. The molecule has 1 aliphatic carbocycles. The molecule has 1 amide bonds. The summed E-state index contributed by atoms with van der Waals surface area (Å²) in [5.41, 5.74) is 2.81. The summed E-state index contributed by atoms with van der Waals surface area (Å²) in [6, 6.07) is 5.49. The zero-order valence-corrected chi connectivity index (χ0v) is 23.7. The Bertz CT molecular complexity index is 1470. The number of aryl methyl sites for hydroxylation is 1. The van der Waals surface area contributed by atoms with Crippen LogP contribution in [0.15, 0.2) is 35.3 Å². The number of pyridine rings is 1. The third kappa shape index (κ3) is 6.12. The van der Waals surface area contributed by atoms with Gasteiger partial charge in [-0.15, -0.1) is 0 Å². The molecule has 2 aliphatic rings. The Morgan fingerprint density at radius 2 is 1.93 bits per heavy atom. The second-order valence-corrected chi connectivity index (χ2v) is 10.6. The van der Waals surface area contributed by atoms with Crippen molar-refractivity contribution in [2.24, 2.45) is 13.0 Å². The highest BCUT2D eigenvalue weighted by atomic mass is 16.5. The lowest BCUT2D eigenvalue weighted by molar-refractivity contribution is 0.0916. The number of amides is 1. The van der Waals surface area contributed by atoms with Crippen molar-refractivity contribution < 1.29 is 14.3 Å². The number of hydrogen-bond donors (Lipinski definition) is 2. The molecule has 0 atom stereocenters. The van der Waals surface area contributed by atoms with Gasteiger partial charge < -0.3 is 29.6 Å². The van der Waals surface area contributed by atoms with E-state index in [1.54, 1.807) is 31.4 Å². The number of benzene rings is 1. The SMILES string of the molecule is C/C=C/c1c(OCC2CC2)c(=O)n(C)c2cnc(Nc3ccc(C(=O)NC4CCN(C)CC4)cc3OCC)nc12. The third-order valence-electron chi connectivity index (χ3n) is 7.47. The lowest BCUT2D eigenvalue weighted by atomic mass is 10.0. The molecule has 0 unspecified atom stereocenters. The fourth-order valence-corrected chi connectivity index (χ4v) is 4.89. The molecule has 0 radical (unpaired) electrons. The minimum atomic E-state index is -0.210. The Morgan fingerprint density at radius 3 is 2.62 bits per heavy atom. The van der Waals surface area contributed by atoms with Gasteiger partial charge in [-0.1, -0.05) is 12.2 Å². The summed E-state index contributed by atoms with van der Waals surface area (Å²) in [5, 5.41) is 6.40. The summed E-state index contributed by atoms with van der Waals surface area (Å²) in [6.07, 6.45) is 9.49. The molecule has 1 aromatic carbocycles. The van der Waals surface area contributed by atoms with Crippen molar-refractivity contribution in [3.05, 3.63) is 52.0 Å². The van der Waals surface area contributed by atoms with Gasteiger partial charge in [0.05, 0.1) is 36.2 Å². The second-order valence-electron chi connectivity index (χ2n) is 10.6. The average Bonchev–Trinajstić information content (AvgIpc) is 3.78. The monoisotopic (exact) mass is 546 g/mol. The van der Waals surface area contributed by atoms with Crippen LogP contribution < -0.4 is 25.7 Å². The molecular formula is C30H38N6O4. The number of allylic oxidation sites excluding steroid dienone is 1. The number of anilines is 2. The van der Waals surface area contributed by atoms with E-state index in [2.05, 4.69) is 27.6 Å². The van der Waals surface area contributed by atoms with E-state index in [0.717, 1.165) is 38.8 Å². The van der Waals surface area contributed by atoms with Crippen LogP contribution in [0.1, 0.15) is 55.5 Å². The number of carbonyl (C=O) groups is 1. The quantitative estimate of drug-likeness (QED) is 0.391. The Kier molecular flexibility index (Phi) is 8.35. The minimum absolute atomic E-state index is 0.111. The van der Waals surface area contributed by atoms with Crippen LogP contribution in [0.2, 0.25) is 0 Å². The van der Waals surface area contributed by atoms with E-state index in [9.17, 15) is 9.59 Å². The van der Waals surface area contributed by atoms with Crippen LogP contribution in [0.25, 0.3) is 17.1 Å². The molecule has 10 nitrogen and oxygen atoms in total. The van der Waals surface area contributed by atoms with Gasteiger partial charge in [-0.2, -0.15) is 0 Å². The van der Waals surface area contributed by atoms with Gasteiger partial charge in [-0.3, -0.25) is 9.59 Å². The van der Waals surface area contributed by atoms with Crippen molar-refractivity contribution in [3.63, 3.8) is 0 Å². The van der Waals surface area contributed by atoms with Crippen LogP contribution in [0, 0.1) is 5.92 Å². The first kappa shape index (κ1) is 27.6. The van der Waals surface area contributed by atoms with Crippen LogP contribution >= 0.6 is 0 Å². The fourth-order valence-electron chi connectivity index (χ4n) is 4.89. The highest BCUT2D eigenvalue weighted by Crippen LogP contribution is 2.32. The Morgan fingerprint density at radius 1 is 1.15 bits per heavy atom. The number of hydrogen-bond acceptors (Lipinski definition) is 8. The third-order valence-corrected chi connectivity index (χ3v) is 7.47. The van der Waals surface area contributed by atoms with E-state index in [-0.39, 0.29) is 17.5 Å². The topological polar surface area (TPSA) is 111 Å². The fraction of sp³-hybridized carbons (Fsp3) is 0.467. The molecule has 2 N–H and O–H groups in total. The number of fused-ring (bicyclic) bond motifs is 1. The van der Waals surface area contributed by atoms with E-state index >= 15 is 0 Å². The summed E-state index contributed by atoms with van der Waals surface area (Å²) in [5.74, 6) is 1.58. The van der Waals surface area contributed by atoms with Crippen molar-refractivity contribution in [2.75, 3.05) is 38.7 Å². The van der Waals surface area contributed by atoms with Gasteiger partial charge in [0.25, 0.3) is 11.5 Å². The molecule has 3 heterocycles. The molecular weight excluding hydrogens is 508 g/mol. The number of nitrogens with zero attached hydrogens (tertiary/aromatic N) is 4. The van der Waals surface area contributed by atoms with E-state index in [0.29, 0.717) is 64.4 Å². The number of aromatic nitrogens is 3. The number of carbonyl (C=O) groups excluding carboxylic acids is 1. The van der Waals surface area contributed by atoms with Gasteiger partial charge >= 0.3 is 0 Å². The van der Waals surface area contributed by atoms with Crippen molar-refractivity contribution >= 4 is 34.7 Å². The molecule has 10 heteroatoms. The lowest BCUT2D eigenvalue weighted by Crippen LogP contribution is -2.43.